The van der Waals surface area contributed by atoms with Crippen LogP contribution in [0.1, 0.15) is 16.8 Å². The third kappa shape index (κ3) is 5.93. The Hall–Kier alpha value is -3.17. The average molecular weight is 468 g/mol. The molecule has 1 fully saturated rings. The molecule has 0 saturated carbocycles. The molecule has 3 rings (SSSR count). The molecule has 2 aromatic carbocycles. The monoisotopic (exact) mass is 467 g/mol. The number of hydrogen-bond acceptors (Lipinski definition) is 5. The third-order valence-electron chi connectivity index (χ3n) is 4.34. The zero-order valence-corrected chi connectivity index (χ0v) is 17.4. The van der Waals surface area contributed by atoms with Crippen molar-refractivity contribution in [1.29, 1.82) is 0 Å². The van der Waals surface area contributed by atoms with Crippen molar-refractivity contribution >= 4 is 52.6 Å². The number of benzene rings is 2. The van der Waals surface area contributed by atoms with Gasteiger partial charge in [-0.2, -0.15) is 0 Å². The maximum atomic E-state index is 12.9. The van der Waals surface area contributed by atoms with E-state index in [0.29, 0.717) is 10.7 Å². The van der Waals surface area contributed by atoms with E-state index in [2.05, 4.69) is 10.7 Å². The number of nitrogens with zero attached hydrogens (tertiary/aromatic N) is 1. The predicted octanol–water partition coefficient (Wildman–Crippen LogP) is 2.81. The predicted molar refractivity (Wildman–Crippen MR) is 110 cm³/mol. The van der Waals surface area contributed by atoms with Crippen LogP contribution in [0.4, 0.5) is 10.1 Å². The molecule has 0 unspecified atom stereocenters. The molecule has 0 spiro atoms. The summed E-state index contributed by atoms with van der Waals surface area (Å²) in [4.78, 5) is 48.6. The van der Waals surface area contributed by atoms with Crippen molar-refractivity contribution in [2.24, 2.45) is 5.92 Å². The number of hydrazine groups is 1. The zero-order chi connectivity index (χ0) is 22.5. The molecule has 8 nitrogen and oxygen atoms in total. The van der Waals surface area contributed by atoms with Gasteiger partial charge in [0.1, 0.15) is 5.82 Å². The fourth-order valence-electron chi connectivity index (χ4n) is 2.81. The van der Waals surface area contributed by atoms with Crippen LogP contribution in [-0.4, -0.2) is 41.9 Å². The summed E-state index contributed by atoms with van der Waals surface area (Å²) in [5, 5.41) is 3.91. The van der Waals surface area contributed by atoms with E-state index >= 15 is 0 Å². The number of anilines is 1. The first kappa shape index (κ1) is 22.5. The molecule has 2 N–H and O–H groups in total. The highest BCUT2D eigenvalue weighted by Crippen LogP contribution is 2.22. The van der Waals surface area contributed by atoms with E-state index in [-0.39, 0.29) is 23.6 Å². The molecule has 3 amide bonds. The summed E-state index contributed by atoms with van der Waals surface area (Å²) in [7, 11) is 0. The molecule has 1 saturated heterocycles. The first-order valence-electron chi connectivity index (χ1n) is 9.01. The quantitative estimate of drug-likeness (QED) is 0.635. The molecule has 31 heavy (non-hydrogen) atoms. The van der Waals surface area contributed by atoms with E-state index in [4.69, 9.17) is 27.9 Å². The number of nitrogens with one attached hydrogen (secondary N) is 2. The Morgan fingerprint density at radius 3 is 2.52 bits per heavy atom. The maximum Gasteiger partial charge on any atom is 0.311 e. The first-order chi connectivity index (χ1) is 14.7. The van der Waals surface area contributed by atoms with Crippen LogP contribution < -0.4 is 10.7 Å². The Balaban J connectivity index is 1.49. The molecule has 1 aliphatic rings. The average Bonchev–Trinajstić information content (AvgIpc) is 3.08. The van der Waals surface area contributed by atoms with Gasteiger partial charge in [0.15, 0.2) is 6.61 Å². The summed E-state index contributed by atoms with van der Waals surface area (Å²) >= 11 is 11.8. The SMILES string of the molecule is O=C(COC(=O)[C@H]1CC(=O)N(NC(=O)c2ccc(Cl)cc2Cl)C1)Nc1ccc(F)cc1. The Morgan fingerprint density at radius 2 is 1.84 bits per heavy atom. The number of hydrogen-bond donors (Lipinski definition) is 2. The van der Waals surface area contributed by atoms with E-state index in [9.17, 15) is 23.6 Å². The molecular formula is C20H16Cl2FN3O5. The second kappa shape index (κ2) is 9.76. The molecular weight excluding hydrogens is 452 g/mol. The van der Waals surface area contributed by atoms with Crippen molar-refractivity contribution in [3.05, 3.63) is 63.9 Å². The number of ether oxygens (including phenoxy) is 1. The topological polar surface area (TPSA) is 105 Å². The van der Waals surface area contributed by atoms with Crippen LogP contribution in [-0.2, 0) is 19.1 Å². The van der Waals surface area contributed by atoms with E-state index in [1.165, 1.54) is 42.5 Å². The minimum atomic E-state index is -0.855. The standard InChI is InChI=1S/C20H16Cl2FN3O5/c21-12-1-6-15(16(22)8-12)19(29)25-26-9-11(7-18(26)28)20(30)31-10-17(27)24-14-4-2-13(23)3-5-14/h1-6,8,11H,7,9-10H2,(H,24,27)(H,25,29)/t11-/m0/s1. The van der Waals surface area contributed by atoms with Crippen molar-refractivity contribution in [2.75, 3.05) is 18.5 Å². The highest BCUT2D eigenvalue weighted by molar-refractivity contribution is 6.36. The summed E-state index contributed by atoms with van der Waals surface area (Å²) in [5.74, 6) is -3.81. The van der Waals surface area contributed by atoms with Gasteiger partial charge in [0.05, 0.1) is 23.0 Å². The second-order valence-corrected chi connectivity index (χ2v) is 7.48. The minimum absolute atomic E-state index is 0.111. The molecule has 1 heterocycles. The van der Waals surface area contributed by atoms with Crippen LogP contribution in [0.3, 0.4) is 0 Å². The van der Waals surface area contributed by atoms with E-state index in [1.54, 1.807) is 0 Å². The summed E-state index contributed by atoms with van der Waals surface area (Å²) in [6.07, 6.45) is -0.187. The molecule has 0 aliphatic carbocycles. The summed E-state index contributed by atoms with van der Waals surface area (Å²) in [6.45, 7) is -0.693. The van der Waals surface area contributed by atoms with Gasteiger partial charge in [-0.05, 0) is 42.5 Å². The van der Waals surface area contributed by atoms with E-state index in [0.717, 1.165) is 5.01 Å². The van der Waals surface area contributed by atoms with Gasteiger partial charge in [0.25, 0.3) is 11.8 Å². The van der Waals surface area contributed by atoms with Crippen molar-refractivity contribution in [2.45, 2.75) is 6.42 Å². The van der Waals surface area contributed by atoms with E-state index < -0.39 is 42.0 Å². The smallest absolute Gasteiger partial charge is 0.311 e. The number of rotatable bonds is 6. The lowest BCUT2D eigenvalue weighted by Gasteiger charge is -2.18. The first-order valence-corrected chi connectivity index (χ1v) is 9.77. The van der Waals surface area contributed by atoms with Gasteiger partial charge in [-0.1, -0.05) is 23.2 Å². The highest BCUT2D eigenvalue weighted by Gasteiger charge is 2.37. The Labute approximate surface area is 186 Å². The van der Waals surface area contributed by atoms with Crippen molar-refractivity contribution in [3.8, 4) is 0 Å². The molecule has 1 aliphatic heterocycles. The van der Waals surface area contributed by atoms with Gasteiger partial charge in [-0.3, -0.25) is 29.6 Å². The summed E-state index contributed by atoms with van der Waals surface area (Å²) in [6, 6.07) is 9.34. The number of halogens is 3. The number of amides is 3. The minimum Gasteiger partial charge on any atom is -0.455 e. The lowest BCUT2D eigenvalue weighted by atomic mass is 10.1. The molecule has 0 bridgehead atoms. The molecule has 162 valence electrons. The Bertz CT molecular complexity index is 1030. The Morgan fingerprint density at radius 1 is 1.13 bits per heavy atom. The van der Waals surface area contributed by atoms with Crippen LogP contribution in [0.15, 0.2) is 42.5 Å². The molecule has 0 aromatic heterocycles. The van der Waals surface area contributed by atoms with Gasteiger partial charge < -0.3 is 10.1 Å². The van der Waals surface area contributed by atoms with Gasteiger partial charge in [-0.15, -0.1) is 0 Å². The van der Waals surface area contributed by atoms with Gasteiger partial charge in [-0.25, -0.2) is 4.39 Å². The van der Waals surface area contributed by atoms with Crippen LogP contribution in [0.2, 0.25) is 10.0 Å². The van der Waals surface area contributed by atoms with Gasteiger partial charge in [0, 0.05) is 17.1 Å². The lowest BCUT2D eigenvalue weighted by molar-refractivity contribution is -0.151. The summed E-state index contributed by atoms with van der Waals surface area (Å²) < 4.78 is 17.8. The third-order valence-corrected chi connectivity index (χ3v) is 4.89. The molecule has 11 heteroatoms. The number of carbonyl (C=O) groups excluding carboxylic acids is 4. The zero-order valence-electron chi connectivity index (χ0n) is 15.9. The molecule has 0 radical (unpaired) electrons. The van der Waals surface area contributed by atoms with Crippen LogP contribution >= 0.6 is 23.2 Å². The van der Waals surface area contributed by atoms with Gasteiger partial charge >= 0.3 is 5.97 Å². The Kier molecular flexibility index (Phi) is 7.09. The number of esters is 1. The fourth-order valence-corrected chi connectivity index (χ4v) is 3.31. The van der Waals surface area contributed by atoms with Crippen molar-refractivity contribution in [1.82, 2.24) is 10.4 Å². The van der Waals surface area contributed by atoms with Crippen LogP contribution in [0, 0.1) is 11.7 Å². The van der Waals surface area contributed by atoms with Crippen molar-refractivity contribution < 1.29 is 28.3 Å². The van der Waals surface area contributed by atoms with Crippen LogP contribution in [0.25, 0.3) is 0 Å². The van der Waals surface area contributed by atoms with E-state index in [1.807, 2.05) is 0 Å². The number of carbonyl (C=O) groups is 4. The fraction of sp³-hybridized carbons (Fsp3) is 0.200. The lowest BCUT2D eigenvalue weighted by Crippen LogP contribution is -2.43. The maximum absolute atomic E-state index is 12.9. The normalized spacial score (nSPS) is 15.5. The van der Waals surface area contributed by atoms with Crippen molar-refractivity contribution in [3.63, 3.8) is 0 Å². The molecule has 2 aromatic rings. The van der Waals surface area contributed by atoms with Gasteiger partial charge in [0.2, 0.25) is 5.91 Å². The highest BCUT2D eigenvalue weighted by atomic mass is 35.5. The summed E-state index contributed by atoms with van der Waals surface area (Å²) in [5.41, 5.74) is 2.85. The second-order valence-electron chi connectivity index (χ2n) is 6.63. The largest absolute Gasteiger partial charge is 0.455 e. The van der Waals surface area contributed by atoms with Crippen LogP contribution in [0.5, 0.6) is 0 Å². The molecule has 1 atom stereocenters.